The van der Waals surface area contributed by atoms with E-state index >= 15 is 0 Å². The molecule has 0 saturated carbocycles. The Morgan fingerprint density at radius 3 is 2.80 bits per heavy atom. The predicted octanol–water partition coefficient (Wildman–Crippen LogP) is 1.29. The first kappa shape index (κ1) is 11.0. The molecular weight excluding hydrogens is 201 g/mol. The van der Waals surface area contributed by atoms with E-state index in [0.29, 0.717) is 0 Å². The summed E-state index contributed by atoms with van der Waals surface area (Å²) < 4.78 is 17.6. The van der Waals surface area contributed by atoms with E-state index in [1.165, 1.54) is 19.2 Å². The standard InChI is InChI=1S/C9H10FN3O2/c1-15-9(14)13-6-4-2-3-5(10)7(6)8(11)12/h2-4H,1H3,(H3,11,12)(H,13,14). The van der Waals surface area contributed by atoms with Crippen LogP contribution >= 0.6 is 0 Å². The molecule has 0 saturated heterocycles. The average molecular weight is 211 g/mol. The zero-order chi connectivity index (χ0) is 11.4. The molecule has 0 aromatic heterocycles. The molecule has 15 heavy (non-hydrogen) atoms. The van der Waals surface area contributed by atoms with E-state index in [1.54, 1.807) is 0 Å². The number of carbonyl (C=O) groups excluding carboxylic acids is 1. The number of hydrogen-bond donors (Lipinski definition) is 3. The number of nitrogens with one attached hydrogen (secondary N) is 2. The molecule has 6 heteroatoms. The summed E-state index contributed by atoms with van der Waals surface area (Å²) in [7, 11) is 1.18. The summed E-state index contributed by atoms with van der Waals surface area (Å²) in [6.07, 6.45) is -0.747. The van der Waals surface area contributed by atoms with Crippen LogP contribution in [0.5, 0.6) is 0 Å². The summed E-state index contributed by atoms with van der Waals surface area (Å²) in [4.78, 5) is 10.9. The second-order valence-electron chi connectivity index (χ2n) is 2.69. The highest BCUT2D eigenvalue weighted by Gasteiger charge is 2.13. The summed E-state index contributed by atoms with van der Waals surface area (Å²) in [6.45, 7) is 0. The zero-order valence-corrected chi connectivity index (χ0v) is 8.00. The minimum atomic E-state index is -0.747. The Morgan fingerprint density at radius 1 is 1.60 bits per heavy atom. The number of benzene rings is 1. The first-order valence-corrected chi connectivity index (χ1v) is 4.04. The van der Waals surface area contributed by atoms with Crippen LogP contribution in [0.3, 0.4) is 0 Å². The largest absolute Gasteiger partial charge is 0.453 e. The highest BCUT2D eigenvalue weighted by Crippen LogP contribution is 2.18. The van der Waals surface area contributed by atoms with E-state index in [-0.39, 0.29) is 11.3 Å². The number of anilines is 1. The molecular formula is C9H10FN3O2. The van der Waals surface area contributed by atoms with Crippen molar-refractivity contribution in [3.8, 4) is 0 Å². The maximum absolute atomic E-state index is 13.2. The molecule has 1 rings (SSSR count). The molecule has 0 aliphatic heterocycles. The van der Waals surface area contributed by atoms with E-state index in [9.17, 15) is 9.18 Å². The molecule has 0 radical (unpaired) electrons. The number of carbonyl (C=O) groups is 1. The molecule has 80 valence electrons. The number of nitrogens with two attached hydrogens (primary N) is 1. The van der Waals surface area contributed by atoms with Gasteiger partial charge in [-0.05, 0) is 12.1 Å². The van der Waals surface area contributed by atoms with Gasteiger partial charge in [-0.1, -0.05) is 6.07 Å². The molecule has 0 heterocycles. The summed E-state index contributed by atoms with van der Waals surface area (Å²) in [5.74, 6) is -1.13. The molecule has 4 N–H and O–H groups in total. The van der Waals surface area contributed by atoms with Crippen LogP contribution in [0.1, 0.15) is 5.56 Å². The molecule has 1 amide bonds. The number of amides is 1. The number of methoxy groups -OCH3 is 1. The number of ether oxygens (including phenoxy) is 1. The number of rotatable bonds is 2. The number of amidine groups is 1. The Balaban J connectivity index is 3.11. The van der Waals surface area contributed by atoms with E-state index in [0.717, 1.165) is 6.07 Å². The zero-order valence-electron chi connectivity index (χ0n) is 8.00. The first-order chi connectivity index (χ1) is 7.06. The minimum absolute atomic E-state index is 0.106. The van der Waals surface area contributed by atoms with E-state index in [2.05, 4.69) is 10.1 Å². The van der Waals surface area contributed by atoms with Crippen molar-refractivity contribution in [2.75, 3.05) is 12.4 Å². The molecule has 0 spiro atoms. The van der Waals surface area contributed by atoms with Crippen LogP contribution in [-0.2, 0) is 4.74 Å². The fraction of sp³-hybridized carbons (Fsp3) is 0.111. The lowest BCUT2D eigenvalue weighted by Gasteiger charge is -2.09. The number of hydrogen-bond acceptors (Lipinski definition) is 3. The van der Waals surface area contributed by atoms with Gasteiger partial charge in [-0.15, -0.1) is 0 Å². The lowest BCUT2D eigenvalue weighted by molar-refractivity contribution is 0.187. The van der Waals surface area contributed by atoms with Gasteiger partial charge in [0.1, 0.15) is 11.7 Å². The highest BCUT2D eigenvalue weighted by molar-refractivity contribution is 6.03. The Bertz CT molecular complexity index is 406. The van der Waals surface area contributed by atoms with Crippen molar-refractivity contribution in [2.45, 2.75) is 0 Å². The summed E-state index contributed by atoms with van der Waals surface area (Å²) >= 11 is 0. The van der Waals surface area contributed by atoms with Crippen LogP contribution in [0.4, 0.5) is 14.9 Å². The van der Waals surface area contributed by atoms with Gasteiger partial charge in [0.15, 0.2) is 0 Å². The molecule has 0 atom stereocenters. The van der Waals surface area contributed by atoms with Crippen molar-refractivity contribution in [2.24, 2.45) is 5.73 Å². The second kappa shape index (κ2) is 4.41. The van der Waals surface area contributed by atoms with Crippen molar-refractivity contribution in [1.29, 1.82) is 5.41 Å². The molecule has 0 unspecified atom stereocenters. The first-order valence-electron chi connectivity index (χ1n) is 4.04. The Morgan fingerprint density at radius 2 is 2.27 bits per heavy atom. The third kappa shape index (κ3) is 2.43. The van der Waals surface area contributed by atoms with Gasteiger partial charge < -0.3 is 10.5 Å². The van der Waals surface area contributed by atoms with Gasteiger partial charge in [-0.2, -0.15) is 0 Å². The topological polar surface area (TPSA) is 88.2 Å². The smallest absolute Gasteiger partial charge is 0.411 e. The van der Waals surface area contributed by atoms with Crippen LogP contribution in [0.25, 0.3) is 0 Å². The molecule has 0 aliphatic carbocycles. The van der Waals surface area contributed by atoms with Gasteiger partial charge in [0.2, 0.25) is 0 Å². The predicted molar refractivity (Wildman–Crippen MR) is 53.4 cm³/mol. The third-order valence-electron chi connectivity index (χ3n) is 1.71. The van der Waals surface area contributed by atoms with Gasteiger partial charge >= 0.3 is 6.09 Å². The molecule has 1 aromatic carbocycles. The second-order valence-corrected chi connectivity index (χ2v) is 2.69. The van der Waals surface area contributed by atoms with Gasteiger partial charge in [0.25, 0.3) is 0 Å². The van der Waals surface area contributed by atoms with Crippen molar-refractivity contribution >= 4 is 17.6 Å². The van der Waals surface area contributed by atoms with Gasteiger partial charge in [-0.25, -0.2) is 9.18 Å². The van der Waals surface area contributed by atoms with Crippen molar-refractivity contribution in [1.82, 2.24) is 0 Å². The van der Waals surface area contributed by atoms with Gasteiger partial charge in [0, 0.05) is 0 Å². The molecule has 5 nitrogen and oxygen atoms in total. The quantitative estimate of drug-likeness (QED) is 0.508. The van der Waals surface area contributed by atoms with Crippen LogP contribution < -0.4 is 11.1 Å². The van der Waals surface area contributed by atoms with Gasteiger partial charge in [0.05, 0.1) is 18.4 Å². The summed E-state index contributed by atoms with van der Waals surface area (Å²) in [5.41, 5.74) is 5.14. The van der Waals surface area contributed by atoms with Crippen LogP contribution in [0.2, 0.25) is 0 Å². The Kier molecular flexibility index (Phi) is 3.22. The molecule has 0 bridgehead atoms. The number of nitrogen functional groups attached to an aromatic ring is 1. The molecule has 0 aliphatic rings. The van der Waals surface area contributed by atoms with Crippen molar-refractivity contribution in [3.63, 3.8) is 0 Å². The summed E-state index contributed by atoms with van der Waals surface area (Å²) in [5, 5.41) is 9.42. The lowest BCUT2D eigenvalue weighted by Crippen LogP contribution is -2.19. The maximum Gasteiger partial charge on any atom is 0.411 e. The van der Waals surface area contributed by atoms with E-state index in [4.69, 9.17) is 11.1 Å². The highest BCUT2D eigenvalue weighted by atomic mass is 19.1. The maximum atomic E-state index is 13.2. The SMILES string of the molecule is COC(=O)Nc1cccc(F)c1C(=N)N. The van der Waals surface area contributed by atoms with Crippen LogP contribution in [-0.4, -0.2) is 19.0 Å². The Labute approximate surface area is 85.5 Å². The van der Waals surface area contributed by atoms with Gasteiger partial charge in [-0.3, -0.25) is 10.7 Å². The normalized spacial score (nSPS) is 9.47. The number of halogens is 1. The average Bonchev–Trinajstić information content (AvgIpc) is 2.17. The third-order valence-corrected chi connectivity index (χ3v) is 1.71. The minimum Gasteiger partial charge on any atom is -0.453 e. The van der Waals surface area contributed by atoms with E-state index in [1.807, 2.05) is 0 Å². The van der Waals surface area contributed by atoms with E-state index < -0.39 is 17.7 Å². The summed E-state index contributed by atoms with van der Waals surface area (Å²) in [6, 6.07) is 3.98. The fourth-order valence-corrected chi connectivity index (χ4v) is 1.06. The Hall–Kier alpha value is -2.11. The molecule has 0 fully saturated rings. The van der Waals surface area contributed by atoms with Crippen molar-refractivity contribution < 1.29 is 13.9 Å². The van der Waals surface area contributed by atoms with Crippen LogP contribution in [0.15, 0.2) is 18.2 Å². The van der Waals surface area contributed by atoms with Crippen LogP contribution in [0, 0.1) is 11.2 Å². The fourth-order valence-electron chi connectivity index (χ4n) is 1.06. The molecule has 1 aromatic rings. The van der Waals surface area contributed by atoms with Crippen molar-refractivity contribution in [3.05, 3.63) is 29.6 Å². The monoisotopic (exact) mass is 211 g/mol. The lowest BCUT2D eigenvalue weighted by atomic mass is 10.1.